The van der Waals surface area contributed by atoms with Crippen LogP contribution in [0.15, 0.2) is 41.3 Å². The fraction of sp³-hybridized carbons (Fsp3) is 0.318. The molecule has 2 atom stereocenters. The van der Waals surface area contributed by atoms with Crippen LogP contribution in [0.25, 0.3) is 23.1 Å². The number of benzene rings is 1. The summed E-state index contributed by atoms with van der Waals surface area (Å²) >= 11 is 0. The van der Waals surface area contributed by atoms with Gasteiger partial charge < -0.3 is 4.98 Å². The molecule has 130 valence electrons. The second kappa shape index (κ2) is 5.37. The van der Waals surface area contributed by atoms with Crippen LogP contribution in [-0.4, -0.2) is 15.0 Å². The van der Waals surface area contributed by atoms with E-state index in [0.29, 0.717) is 11.8 Å². The number of para-hydroxylation sites is 1. The maximum atomic E-state index is 12.1. The van der Waals surface area contributed by atoms with Gasteiger partial charge in [0.25, 0.3) is 0 Å². The summed E-state index contributed by atoms with van der Waals surface area (Å²) < 4.78 is 0. The molecule has 3 aromatic rings. The lowest BCUT2D eigenvalue weighted by Gasteiger charge is -2.56. The van der Waals surface area contributed by atoms with Crippen molar-refractivity contribution in [3.63, 3.8) is 0 Å². The standard InChI is InChI=1S/C22H21N3O/c1-22(2)15-10-16-19(24-21(26)25-20(16)17(22)11-15)8-7-13-9-14-5-3-4-6-18(14)23-12-13/h3-9,12,15,17H,10-11H2,1-2H3,(H,24,25,26). The molecule has 0 saturated heterocycles. The second-order valence-corrected chi connectivity index (χ2v) is 8.12. The van der Waals surface area contributed by atoms with E-state index in [-0.39, 0.29) is 11.1 Å². The number of aromatic amines is 1. The first kappa shape index (κ1) is 15.5. The summed E-state index contributed by atoms with van der Waals surface area (Å²) in [5.74, 6) is 1.13. The van der Waals surface area contributed by atoms with Gasteiger partial charge >= 0.3 is 5.69 Å². The van der Waals surface area contributed by atoms with E-state index in [9.17, 15) is 4.79 Å². The van der Waals surface area contributed by atoms with Crippen molar-refractivity contribution in [1.82, 2.24) is 15.0 Å². The number of hydrogen-bond acceptors (Lipinski definition) is 3. The van der Waals surface area contributed by atoms with E-state index in [1.807, 2.05) is 36.5 Å². The number of aromatic nitrogens is 3. The molecule has 1 fully saturated rings. The monoisotopic (exact) mass is 343 g/mol. The Bertz CT molecular complexity index is 1110. The molecule has 4 nitrogen and oxygen atoms in total. The van der Waals surface area contributed by atoms with E-state index < -0.39 is 0 Å². The van der Waals surface area contributed by atoms with Gasteiger partial charge in [-0.3, -0.25) is 4.98 Å². The van der Waals surface area contributed by atoms with Crippen molar-refractivity contribution in [1.29, 1.82) is 0 Å². The van der Waals surface area contributed by atoms with Crippen molar-refractivity contribution < 1.29 is 0 Å². The lowest BCUT2D eigenvalue weighted by Crippen LogP contribution is -2.49. The SMILES string of the molecule is CC1(C)C2Cc3c(C=Cc4cnc5ccccc5c4)nc(=O)[nH]c3C1C2. The topological polar surface area (TPSA) is 58.6 Å². The molecule has 1 aromatic carbocycles. The fourth-order valence-electron chi connectivity index (χ4n) is 4.64. The zero-order valence-corrected chi connectivity index (χ0v) is 15.0. The third-order valence-electron chi connectivity index (χ3n) is 6.41. The number of pyridine rings is 1. The molecule has 2 unspecified atom stereocenters. The predicted octanol–water partition coefficient (Wildman–Crippen LogP) is 4.17. The van der Waals surface area contributed by atoms with Gasteiger partial charge in [0, 0.05) is 23.2 Å². The molecule has 0 spiro atoms. The Morgan fingerprint density at radius 3 is 2.92 bits per heavy atom. The Kier molecular flexibility index (Phi) is 3.20. The molecule has 2 bridgehead atoms. The highest BCUT2D eigenvalue weighted by atomic mass is 16.1. The van der Waals surface area contributed by atoms with Crippen LogP contribution in [0.2, 0.25) is 0 Å². The summed E-state index contributed by atoms with van der Waals surface area (Å²) in [5.41, 5.74) is 5.16. The molecule has 6 rings (SSSR count). The number of nitrogens with zero attached hydrogens (tertiary/aromatic N) is 2. The summed E-state index contributed by atoms with van der Waals surface area (Å²) in [7, 11) is 0. The number of rotatable bonds is 2. The number of hydrogen-bond donors (Lipinski definition) is 1. The van der Waals surface area contributed by atoms with Gasteiger partial charge in [0.15, 0.2) is 0 Å². The first-order valence-electron chi connectivity index (χ1n) is 9.18. The van der Waals surface area contributed by atoms with Gasteiger partial charge in [-0.25, -0.2) is 4.79 Å². The van der Waals surface area contributed by atoms with Crippen LogP contribution in [0.1, 0.15) is 48.7 Å². The highest BCUT2D eigenvalue weighted by Crippen LogP contribution is 2.61. The molecule has 26 heavy (non-hydrogen) atoms. The second-order valence-electron chi connectivity index (χ2n) is 8.12. The minimum atomic E-state index is -0.249. The maximum Gasteiger partial charge on any atom is 0.345 e. The van der Waals surface area contributed by atoms with Crippen LogP contribution in [0, 0.1) is 11.3 Å². The molecular formula is C22H21N3O. The molecule has 2 heterocycles. The average Bonchev–Trinajstić information content (AvgIpc) is 2.65. The summed E-state index contributed by atoms with van der Waals surface area (Å²) in [6, 6.07) is 10.2. The number of fused-ring (bicyclic) bond motifs is 1. The van der Waals surface area contributed by atoms with Gasteiger partial charge in [-0.1, -0.05) is 38.1 Å². The third kappa shape index (κ3) is 2.25. The van der Waals surface area contributed by atoms with E-state index in [2.05, 4.69) is 40.9 Å². The van der Waals surface area contributed by atoms with Crippen molar-refractivity contribution in [2.45, 2.75) is 32.6 Å². The van der Waals surface area contributed by atoms with Crippen LogP contribution >= 0.6 is 0 Å². The highest BCUT2D eigenvalue weighted by molar-refractivity contribution is 5.82. The quantitative estimate of drug-likeness (QED) is 0.759. The van der Waals surface area contributed by atoms with E-state index in [1.54, 1.807) is 0 Å². The maximum absolute atomic E-state index is 12.1. The van der Waals surface area contributed by atoms with Gasteiger partial charge in [0.1, 0.15) is 0 Å². The van der Waals surface area contributed by atoms with Gasteiger partial charge in [-0.2, -0.15) is 4.98 Å². The normalized spacial score (nSPS) is 23.0. The van der Waals surface area contributed by atoms with Crippen molar-refractivity contribution in [3.8, 4) is 0 Å². The minimum absolute atomic E-state index is 0.249. The van der Waals surface area contributed by atoms with Crippen molar-refractivity contribution >= 4 is 23.1 Å². The first-order chi connectivity index (χ1) is 12.5. The lowest BCUT2D eigenvalue weighted by molar-refractivity contribution is 0.0149. The summed E-state index contributed by atoms with van der Waals surface area (Å²) in [6.07, 6.45) is 8.01. The largest absolute Gasteiger partial charge is 0.345 e. The third-order valence-corrected chi connectivity index (χ3v) is 6.41. The number of H-pyrrole nitrogens is 1. The molecule has 1 N–H and O–H groups in total. The Morgan fingerprint density at radius 2 is 2.08 bits per heavy atom. The fourth-order valence-corrected chi connectivity index (χ4v) is 4.64. The van der Waals surface area contributed by atoms with Crippen LogP contribution in [-0.2, 0) is 6.42 Å². The van der Waals surface area contributed by atoms with Crippen LogP contribution in [0.3, 0.4) is 0 Å². The Balaban J connectivity index is 1.55. The van der Waals surface area contributed by atoms with Crippen LogP contribution in [0.4, 0.5) is 0 Å². The summed E-state index contributed by atoms with van der Waals surface area (Å²) in [6.45, 7) is 4.62. The summed E-state index contributed by atoms with van der Waals surface area (Å²) in [4.78, 5) is 23.9. The molecule has 0 aliphatic heterocycles. The van der Waals surface area contributed by atoms with Crippen molar-refractivity contribution in [2.75, 3.05) is 0 Å². The van der Waals surface area contributed by atoms with Crippen molar-refractivity contribution in [3.05, 3.63) is 69.5 Å². The predicted molar refractivity (Wildman–Crippen MR) is 104 cm³/mol. The van der Waals surface area contributed by atoms with Gasteiger partial charge in [0.05, 0.1) is 11.2 Å². The first-order valence-corrected chi connectivity index (χ1v) is 9.18. The molecule has 3 aliphatic carbocycles. The smallest absolute Gasteiger partial charge is 0.309 e. The van der Waals surface area contributed by atoms with E-state index >= 15 is 0 Å². The van der Waals surface area contributed by atoms with Crippen LogP contribution in [0.5, 0.6) is 0 Å². The molecular weight excluding hydrogens is 322 g/mol. The van der Waals surface area contributed by atoms with Gasteiger partial charge in [-0.05, 0) is 53.5 Å². The lowest BCUT2D eigenvalue weighted by atomic mass is 9.48. The van der Waals surface area contributed by atoms with Gasteiger partial charge in [0.2, 0.25) is 0 Å². The zero-order valence-electron chi connectivity index (χ0n) is 15.0. The summed E-state index contributed by atoms with van der Waals surface area (Å²) in [5, 5.41) is 1.11. The van der Waals surface area contributed by atoms with Crippen LogP contribution < -0.4 is 5.69 Å². The number of nitrogens with one attached hydrogen (secondary N) is 1. The van der Waals surface area contributed by atoms with Gasteiger partial charge in [-0.15, -0.1) is 0 Å². The zero-order chi connectivity index (χ0) is 17.9. The van der Waals surface area contributed by atoms with E-state index in [1.165, 1.54) is 12.0 Å². The highest BCUT2D eigenvalue weighted by Gasteiger charge is 2.53. The molecule has 0 radical (unpaired) electrons. The van der Waals surface area contributed by atoms with Crippen molar-refractivity contribution in [2.24, 2.45) is 11.3 Å². The van der Waals surface area contributed by atoms with E-state index in [4.69, 9.17) is 0 Å². The Hall–Kier alpha value is -2.75. The Morgan fingerprint density at radius 1 is 1.23 bits per heavy atom. The molecule has 3 aliphatic rings. The Labute approximate surface area is 152 Å². The minimum Gasteiger partial charge on any atom is -0.309 e. The molecule has 2 aromatic heterocycles. The average molecular weight is 343 g/mol. The molecule has 1 saturated carbocycles. The van der Waals surface area contributed by atoms with E-state index in [0.717, 1.165) is 34.3 Å². The molecule has 4 heteroatoms. The molecule has 0 amide bonds.